The number of thioether (sulfide) groups is 1. The van der Waals surface area contributed by atoms with Gasteiger partial charge in [0.15, 0.2) is 0 Å². The number of hydrogen-bond donors (Lipinski definition) is 12. The predicted molar refractivity (Wildman–Crippen MR) is 259 cm³/mol. The van der Waals surface area contributed by atoms with Crippen LogP contribution in [-0.2, 0) is 49.6 Å². The van der Waals surface area contributed by atoms with Crippen LogP contribution < -0.4 is 54.0 Å². The molecule has 0 aliphatic rings. The first-order chi connectivity index (χ1) is 31.7. The van der Waals surface area contributed by atoms with Crippen molar-refractivity contribution in [3.8, 4) is 5.75 Å². The SMILES string of the molecule is CSCC[C@H](NC(=O)[C@@H](NC(=O)[C@H](CC(C)C)NC(=O)[C@H](CC(C)C)NC(=O)CNC(=O)[C@H](C)NC(=O)[C@H](CC(C)C)NC(=O)[C@@H](N)Cc1ccc(O)cc1)[C@@H](C)O)C(=O)N[C@H](C(N)=O)C(C)C. The Morgan fingerprint density at radius 3 is 1.49 bits per heavy atom. The molecule has 0 bridgehead atoms. The highest BCUT2D eigenvalue weighted by atomic mass is 32.2. The van der Waals surface area contributed by atoms with Gasteiger partial charge in [-0.1, -0.05) is 67.5 Å². The van der Waals surface area contributed by atoms with Gasteiger partial charge in [0.25, 0.3) is 0 Å². The second kappa shape index (κ2) is 30.1. The Morgan fingerprint density at radius 1 is 0.574 bits per heavy atom. The molecule has 14 N–H and O–H groups in total. The van der Waals surface area contributed by atoms with E-state index in [-0.39, 0.29) is 61.5 Å². The first-order valence-corrected chi connectivity index (χ1v) is 24.5. The summed E-state index contributed by atoms with van der Waals surface area (Å²) in [5.74, 6) is -6.77. The van der Waals surface area contributed by atoms with Gasteiger partial charge in [0.05, 0.1) is 18.7 Å². The second-order valence-electron chi connectivity index (χ2n) is 18.8. The van der Waals surface area contributed by atoms with Gasteiger partial charge in [0.2, 0.25) is 53.2 Å². The van der Waals surface area contributed by atoms with E-state index in [1.807, 2.05) is 27.7 Å². The van der Waals surface area contributed by atoms with Crippen LogP contribution in [0, 0.1) is 23.7 Å². The Bertz CT molecular complexity index is 1850. The van der Waals surface area contributed by atoms with Crippen LogP contribution in [0.3, 0.4) is 0 Å². The summed E-state index contributed by atoms with van der Waals surface area (Å²) in [5, 5.41) is 40.7. The smallest absolute Gasteiger partial charge is 0.245 e. The van der Waals surface area contributed by atoms with E-state index in [4.69, 9.17) is 11.5 Å². The van der Waals surface area contributed by atoms with E-state index in [1.54, 1.807) is 46.1 Å². The van der Waals surface area contributed by atoms with Crippen molar-refractivity contribution in [2.45, 2.75) is 156 Å². The van der Waals surface area contributed by atoms with Crippen LogP contribution in [-0.4, -0.2) is 136 Å². The molecule has 68 heavy (non-hydrogen) atoms. The maximum Gasteiger partial charge on any atom is 0.245 e. The van der Waals surface area contributed by atoms with E-state index in [1.165, 1.54) is 37.7 Å². The van der Waals surface area contributed by atoms with Gasteiger partial charge in [0.1, 0.15) is 48.0 Å². The first-order valence-electron chi connectivity index (χ1n) is 23.1. The lowest BCUT2D eigenvalue weighted by atomic mass is 9.99. The van der Waals surface area contributed by atoms with E-state index in [0.29, 0.717) is 11.3 Å². The number of aliphatic hydroxyl groups is 1. The lowest BCUT2D eigenvalue weighted by Crippen LogP contribution is -2.61. The average molecular weight is 979 g/mol. The van der Waals surface area contributed by atoms with Crippen LogP contribution in [0.15, 0.2) is 24.3 Å². The van der Waals surface area contributed by atoms with Crippen LogP contribution in [0.2, 0.25) is 0 Å². The summed E-state index contributed by atoms with van der Waals surface area (Å²) in [6, 6.07) is -3.16. The summed E-state index contributed by atoms with van der Waals surface area (Å²) in [7, 11) is 0. The highest BCUT2D eigenvalue weighted by molar-refractivity contribution is 7.98. The summed E-state index contributed by atoms with van der Waals surface area (Å²) in [6.45, 7) is 16.4. The third-order valence-corrected chi connectivity index (χ3v) is 11.2. The number of aromatic hydroxyl groups is 1. The summed E-state index contributed by atoms with van der Waals surface area (Å²) < 4.78 is 0. The molecule has 1 rings (SSSR count). The number of rotatable bonds is 30. The molecule has 1 aromatic rings. The van der Waals surface area contributed by atoms with Gasteiger partial charge in [-0.05, 0) is 99.3 Å². The number of phenolic OH excluding ortho intramolecular Hbond substituents is 1. The lowest BCUT2D eigenvalue weighted by Gasteiger charge is -2.29. The summed E-state index contributed by atoms with van der Waals surface area (Å²) >= 11 is 1.41. The van der Waals surface area contributed by atoms with Crippen molar-refractivity contribution in [3.63, 3.8) is 0 Å². The maximum absolute atomic E-state index is 13.8. The van der Waals surface area contributed by atoms with Crippen molar-refractivity contribution in [3.05, 3.63) is 29.8 Å². The number of primary amides is 1. The fourth-order valence-corrected chi connectivity index (χ4v) is 7.30. The number of amides is 9. The first kappa shape index (κ1) is 60.5. The molecule has 0 aromatic heterocycles. The van der Waals surface area contributed by atoms with Gasteiger partial charge < -0.3 is 64.2 Å². The molecule has 21 nitrogen and oxygen atoms in total. The molecule has 22 heteroatoms. The normalized spacial score (nSPS) is 15.4. The Kier molecular flexibility index (Phi) is 26.8. The molecule has 0 aliphatic carbocycles. The molecule has 0 heterocycles. The van der Waals surface area contributed by atoms with Gasteiger partial charge in [-0.15, -0.1) is 0 Å². The zero-order chi connectivity index (χ0) is 52.0. The molecular weight excluding hydrogens is 901 g/mol. The molecule has 0 saturated heterocycles. The van der Waals surface area contributed by atoms with Crippen LogP contribution in [0.4, 0.5) is 0 Å². The topological polar surface area (TPSA) is 342 Å². The van der Waals surface area contributed by atoms with Crippen molar-refractivity contribution in [1.29, 1.82) is 0 Å². The number of nitrogens with two attached hydrogens (primary N) is 2. The standard InChI is InChI=1S/C46H78N10O11S/c1-23(2)18-33(51-36(59)22-49-40(61)27(9)50-43(64)34(19-24(3)4)53-41(62)31(47)21-29-12-14-30(58)15-13-29)44(65)54-35(20-25(5)6)45(66)56-38(28(10)57)46(67)52-32(16-17-68-11)42(63)55-37(26(7)8)39(48)60/h12-15,23-28,31-35,37-38,57-58H,16-22,47H2,1-11H3,(H2,48,60)(H,49,61)(H,50,64)(H,51,59)(H,52,67)(H,53,62)(H,54,65)(H,55,63)(H,56,66)/t27-,28+,31-,32-,33-,34-,35-,37-,38-/m0/s1. The Hall–Kier alpha value is -5.48. The van der Waals surface area contributed by atoms with Crippen molar-refractivity contribution >= 4 is 64.9 Å². The number of nitrogens with one attached hydrogen (secondary N) is 8. The molecular formula is C46H78N10O11S. The Labute approximate surface area is 404 Å². The van der Waals surface area contributed by atoms with Crippen molar-refractivity contribution in [2.24, 2.45) is 35.1 Å². The van der Waals surface area contributed by atoms with Crippen molar-refractivity contribution < 1.29 is 53.4 Å². The largest absolute Gasteiger partial charge is 0.508 e. The van der Waals surface area contributed by atoms with E-state index < -0.39 is 114 Å². The predicted octanol–water partition coefficient (Wildman–Crippen LogP) is -0.795. The minimum absolute atomic E-state index is 0.0324. The number of benzene rings is 1. The van der Waals surface area contributed by atoms with E-state index in [0.717, 1.165) is 0 Å². The third-order valence-electron chi connectivity index (χ3n) is 10.5. The molecule has 0 fully saturated rings. The van der Waals surface area contributed by atoms with Crippen LogP contribution >= 0.6 is 11.8 Å². The molecule has 9 atom stereocenters. The summed E-state index contributed by atoms with van der Waals surface area (Å²) in [6.07, 6.45) is 1.09. The fraction of sp³-hybridized carbons (Fsp3) is 0.674. The number of carbonyl (C=O) groups excluding carboxylic acids is 9. The quantitative estimate of drug-likeness (QED) is 0.0450. The Balaban J connectivity index is 3.06. The number of hydrogen-bond acceptors (Lipinski definition) is 13. The number of phenols is 1. The molecule has 0 spiro atoms. The van der Waals surface area contributed by atoms with Gasteiger partial charge >= 0.3 is 0 Å². The van der Waals surface area contributed by atoms with Gasteiger partial charge in [0, 0.05) is 0 Å². The number of aliphatic hydroxyl groups excluding tert-OH is 1. The van der Waals surface area contributed by atoms with Crippen molar-refractivity contribution in [1.82, 2.24) is 42.5 Å². The summed E-state index contributed by atoms with van der Waals surface area (Å²) in [5.41, 5.74) is 12.3. The second-order valence-corrected chi connectivity index (χ2v) is 19.7. The molecule has 9 amide bonds. The fourth-order valence-electron chi connectivity index (χ4n) is 6.83. The highest BCUT2D eigenvalue weighted by Crippen LogP contribution is 2.14. The molecule has 0 saturated carbocycles. The molecule has 1 aromatic carbocycles. The van der Waals surface area contributed by atoms with Crippen molar-refractivity contribution in [2.75, 3.05) is 18.6 Å². The third kappa shape index (κ3) is 22.5. The van der Waals surface area contributed by atoms with Crippen LogP contribution in [0.25, 0.3) is 0 Å². The minimum Gasteiger partial charge on any atom is -0.508 e. The zero-order valence-corrected chi connectivity index (χ0v) is 42.2. The average Bonchev–Trinajstić information content (AvgIpc) is 3.23. The molecule has 384 valence electrons. The highest BCUT2D eigenvalue weighted by Gasteiger charge is 2.35. The molecule has 0 unspecified atom stereocenters. The maximum atomic E-state index is 13.8. The van der Waals surface area contributed by atoms with E-state index in [2.05, 4.69) is 42.5 Å². The Morgan fingerprint density at radius 2 is 1.01 bits per heavy atom. The minimum atomic E-state index is -1.57. The van der Waals surface area contributed by atoms with Crippen LogP contribution in [0.1, 0.15) is 100 Å². The molecule has 0 aliphatic heterocycles. The van der Waals surface area contributed by atoms with Gasteiger partial charge in [-0.2, -0.15) is 11.8 Å². The molecule has 0 radical (unpaired) electrons. The lowest BCUT2D eigenvalue weighted by molar-refractivity contribution is -0.137. The van der Waals surface area contributed by atoms with Crippen LogP contribution in [0.5, 0.6) is 5.75 Å². The monoisotopic (exact) mass is 979 g/mol. The number of carbonyl (C=O) groups is 9. The van der Waals surface area contributed by atoms with Gasteiger partial charge in [-0.3, -0.25) is 43.2 Å². The van der Waals surface area contributed by atoms with Gasteiger partial charge in [-0.25, -0.2) is 0 Å². The zero-order valence-electron chi connectivity index (χ0n) is 41.4. The summed E-state index contributed by atoms with van der Waals surface area (Å²) in [4.78, 5) is 119. The van der Waals surface area contributed by atoms with E-state index in [9.17, 15) is 53.4 Å². The van der Waals surface area contributed by atoms with E-state index >= 15 is 0 Å².